The largest absolute Gasteiger partial charge is 0.497 e. The van der Waals surface area contributed by atoms with Crippen LogP contribution in [0.1, 0.15) is 27.3 Å². The van der Waals surface area contributed by atoms with Crippen LogP contribution in [0.25, 0.3) is 16.7 Å². The van der Waals surface area contributed by atoms with Crippen LogP contribution in [0, 0.1) is 20.8 Å². The number of aryl methyl sites for hydroxylation is 3. The summed E-state index contributed by atoms with van der Waals surface area (Å²) in [7, 11) is 3.14. The molecule has 0 unspecified atom stereocenters. The van der Waals surface area contributed by atoms with Crippen molar-refractivity contribution in [3.8, 4) is 17.3 Å². The molecule has 8 nitrogen and oxygen atoms in total. The monoisotopic (exact) mass is 417 g/mol. The molecule has 0 fully saturated rings. The normalized spacial score (nSPS) is 10.9. The summed E-state index contributed by atoms with van der Waals surface area (Å²) in [5, 5.41) is 8.09. The highest BCUT2D eigenvalue weighted by atomic mass is 16.5. The molecule has 1 N–H and O–H groups in total. The number of fused-ring (bicyclic) bond motifs is 1. The van der Waals surface area contributed by atoms with Gasteiger partial charge in [-0.25, -0.2) is 9.67 Å². The van der Waals surface area contributed by atoms with Gasteiger partial charge in [-0.2, -0.15) is 0 Å². The first-order valence-electron chi connectivity index (χ1n) is 9.75. The number of nitrogens with zero attached hydrogens (tertiary/aromatic N) is 4. The molecule has 0 spiro atoms. The molecule has 0 atom stereocenters. The van der Waals surface area contributed by atoms with Crippen molar-refractivity contribution < 1.29 is 14.3 Å². The summed E-state index contributed by atoms with van der Waals surface area (Å²) in [6, 6.07) is 11.0. The summed E-state index contributed by atoms with van der Waals surface area (Å²) >= 11 is 0. The zero-order chi connectivity index (χ0) is 22.1. The first-order valence-corrected chi connectivity index (χ1v) is 9.75. The summed E-state index contributed by atoms with van der Waals surface area (Å²) < 4.78 is 12.4. The highest BCUT2D eigenvalue weighted by Crippen LogP contribution is 2.31. The van der Waals surface area contributed by atoms with Gasteiger partial charge >= 0.3 is 0 Å². The van der Waals surface area contributed by atoms with Gasteiger partial charge in [0.2, 0.25) is 5.88 Å². The SMILES string of the molecule is COc1ccc(-n2nc(OC)c3c(C(=O)Nc4c(C)ccnc4C)cc(C)nc32)cc1. The van der Waals surface area contributed by atoms with Crippen LogP contribution in [0.5, 0.6) is 11.6 Å². The molecule has 0 saturated carbocycles. The number of rotatable bonds is 5. The van der Waals surface area contributed by atoms with Crippen molar-refractivity contribution in [2.45, 2.75) is 20.8 Å². The minimum absolute atomic E-state index is 0.276. The lowest BCUT2D eigenvalue weighted by molar-refractivity contribution is 0.102. The fourth-order valence-corrected chi connectivity index (χ4v) is 3.50. The smallest absolute Gasteiger partial charge is 0.256 e. The topological polar surface area (TPSA) is 91.2 Å². The number of hydrogen-bond acceptors (Lipinski definition) is 6. The van der Waals surface area contributed by atoms with Crippen molar-refractivity contribution >= 4 is 22.6 Å². The number of carbonyl (C=O) groups is 1. The van der Waals surface area contributed by atoms with Crippen LogP contribution >= 0.6 is 0 Å². The first kappa shape index (κ1) is 20.3. The Bertz CT molecular complexity index is 1260. The molecule has 1 aromatic carbocycles. The van der Waals surface area contributed by atoms with E-state index in [9.17, 15) is 4.79 Å². The lowest BCUT2D eigenvalue weighted by Gasteiger charge is -2.12. The van der Waals surface area contributed by atoms with Gasteiger partial charge < -0.3 is 14.8 Å². The molecule has 8 heteroatoms. The molecular weight excluding hydrogens is 394 g/mol. The van der Waals surface area contributed by atoms with Crippen LogP contribution in [-0.2, 0) is 0 Å². The molecule has 1 amide bonds. The van der Waals surface area contributed by atoms with Gasteiger partial charge in [0.25, 0.3) is 5.91 Å². The zero-order valence-corrected chi connectivity index (χ0v) is 18.1. The second kappa shape index (κ2) is 8.06. The van der Waals surface area contributed by atoms with E-state index in [-0.39, 0.29) is 5.91 Å². The Balaban J connectivity index is 1.86. The van der Waals surface area contributed by atoms with Crippen LogP contribution in [0.2, 0.25) is 0 Å². The highest BCUT2D eigenvalue weighted by molar-refractivity contribution is 6.13. The lowest BCUT2D eigenvalue weighted by atomic mass is 10.1. The van der Waals surface area contributed by atoms with E-state index in [4.69, 9.17) is 9.47 Å². The van der Waals surface area contributed by atoms with Crippen LogP contribution < -0.4 is 14.8 Å². The average Bonchev–Trinajstić information content (AvgIpc) is 3.14. The zero-order valence-electron chi connectivity index (χ0n) is 18.1. The molecule has 3 heterocycles. The van der Waals surface area contributed by atoms with E-state index >= 15 is 0 Å². The molecule has 0 aliphatic heterocycles. The molecule has 0 saturated heterocycles. The Labute approximate surface area is 179 Å². The van der Waals surface area contributed by atoms with Gasteiger partial charge in [0.15, 0.2) is 5.65 Å². The number of amides is 1. The number of nitrogens with one attached hydrogen (secondary N) is 1. The minimum Gasteiger partial charge on any atom is -0.497 e. The second-order valence-electron chi connectivity index (χ2n) is 7.17. The first-order chi connectivity index (χ1) is 14.9. The summed E-state index contributed by atoms with van der Waals surface area (Å²) in [6.45, 7) is 5.63. The van der Waals surface area contributed by atoms with E-state index in [1.807, 2.05) is 51.1 Å². The summed E-state index contributed by atoms with van der Waals surface area (Å²) in [5.41, 5.74) is 4.80. The number of benzene rings is 1. The van der Waals surface area contributed by atoms with Gasteiger partial charge in [0.05, 0.1) is 42.2 Å². The number of ether oxygens (including phenoxy) is 2. The van der Waals surface area contributed by atoms with Gasteiger partial charge in [0.1, 0.15) is 5.75 Å². The molecule has 0 aliphatic carbocycles. The minimum atomic E-state index is -0.276. The van der Waals surface area contributed by atoms with Crippen molar-refractivity contribution in [3.63, 3.8) is 0 Å². The molecule has 0 aliphatic rings. The molecular formula is C23H23N5O3. The van der Waals surface area contributed by atoms with E-state index in [0.29, 0.717) is 33.9 Å². The number of methoxy groups -OCH3 is 2. The Morgan fingerprint density at radius 3 is 2.42 bits per heavy atom. The number of pyridine rings is 2. The molecule has 3 aromatic heterocycles. The van der Waals surface area contributed by atoms with Gasteiger partial charge in [-0.05, 0) is 62.7 Å². The lowest BCUT2D eigenvalue weighted by Crippen LogP contribution is -2.15. The fourth-order valence-electron chi connectivity index (χ4n) is 3.50. The third-order valence-electron chi connectivity index (χ3n) is 5.08. The van der Waals surface area contributed by atoms with Gasteiger partial charge in [0, 0.05) is 11.9 Å². The Morgan fingerprint density at radius 1 is 1.03 bits per heavy atom. The van der Waals surface area contributed by atoms with Crippen LogP contribution in [-0.4, -0.2) is 39.9 Å². The summed E-state index contributed by atoms with van der Waals surface area (Å²) in [5.74, 6) is 0.781. The Kier molecular flexibility index (Phi) is 5.29. The maximum absolute atomic E-state index is 13.3. The standard InChI is InChI=1S/C23H23N5O3/c1-13-10-11-24-15(3)20(13)26-22(29)18-12-14(2)25-21-19(18)23(31-5)27-28(21)16-6-8-17(30-4)9-7-16/h6-12H,1-5H3,(H,26,29). The number of carbonyl (C=O) groups excluding carboxylic acids is 1. The maximum Gasteiger partial charge on any atom is 0.256 e. The number of anilines is 1. The number of aromatic nitrogens is 4. The van der Waals surface area contributed by atoms with Crippen LogP contribution in [0.4, 0.5) is 5.69 Å². The van der Waals surface area contributed by atoms with Crippen molar-refractivity contribution in [2.75, 3.05) is 19.5 Å². The number of hydrogen-bond donors (Lipinski definition) is 1. The van der Waals surface area contributed by atoms with Crippen molar-refractivity contribution in [3.05, 3.63) is 65.1 Å². The molecule has 158 valence electrons. The quantitative estimate of drug-likeness (QED) is 0.528. The van der Waals surface area contributed by atoms with E-state index in [1.54, 1.807) is 24.1 Å². The van der Waals surface area contributed by atoms with Crippen LogP contribution in [0.3, 0.4) is 0 Å². The second-order valence-corrected chi connectivity index (χ2v) is 7.17. The van der Waals surface area contributed by atoms with E-state index in [0.717, 1.165) is 22.7 Å². The van der Waals surface area contributed by atoms with E-state index in [2.05, 4.69) is 20.4 Å². The van der Waals surface area contributed by atoms with E-state index < -0.39 is 0 Å². The Morgan fingerprint density at radius 2 is 1.77 bits per heavy atom. The molecule has 0 radical (unpaired) electrons. The molecule has 4 aromatic rings. The maximum atomic E-state index is 13.3. The van der Waals surface area contributed by atoms with Gasteiger partial charge in [-0.3, -0.25) is 9.78 Å². The van der Waals surface area contributed by atoms with Crippen LogP contribution in [0.15, 0.2) is 42.6 Å². The third-order valence-corrected chi connectivity index (χ3v) is 5.08. The fraction of sp³-hybridized carbons (Fsp3) is 0.217. The predicted molar refractivity (Wildman–Crippen MR) is 118 cm³/mol. The Hall–Kier alpha value is -3.94. The average molecular weight is 417 g/mol. The predicted octanol–water partition coefficient (Wildman–Crippen LogP) is 4.01. The van der Waals surface area contributed by atoms with Crippen molar-refractivity contribution in [1.29, 1.82) is 0 Å². The highest BCUT2D eigenvalue weighted by Gasteiger charge is 2.23. The van der Waals surface area contributed by atoms with Crippen molar-refractivity contribution in [2.24, 2.45) is 0 Å². The third kappa shape index (κ3) is 3.68. The van der Waals surface area contributed by atoms with E-state index in [1.165, 1.54) is 7.11 Å². The molecule has 31 heavy (non-hydrogen) atoms. The van der Waals surface area contributed by atoms with Gasteiger partial charge in [-0.15, -0.1) is 5.10 Å². The van der Waals surface area contributed by atoms with Gasteiger partial charge in [-0.1, -0.05) is 0 Å². The molecule has 4 rings (SSSR count). The molecule has 0 bridgehead atoms. The summed E-state index contributed by atoms with van der Waals surface area (Å²) in [6.07, 6.45) is 1.72. The summed E-state index contributed by atoms with van der Waals surface area (Å²) in [4.78, 5) is 22.2. The van der Waals surface area contributed by atoms with Crippen molar-refractivity contribution in [1.82, 2.24) is 19.7 Å².